The molecule has 2 aromatic carbocycles. The molecule has 1 aliphatic heterocycles. The third-order valence-electron chi connectivity index (χ3n) is 4.64. The summed E-state index contributed by atoms with van der Waals surface area (Å²) >= 11 is 0. The van der Waals surface area contributed by atoms with E-state index in [1.54, 1.807) is 24.3 Å². The van der Waals surface area contributed by atoms with Gasteiger partial charge in [-0.15, -0.1) is 0 Å². The van der Waals surface area contributed by atoms with Crippen LogP contribution in [0.5, 0.6) is 0 Å². The molecule has 1 heterocycles. The Labute approximate surface area is 157 Å². The fraction of sp³-hybridized carbons (Fsp3) is 0.0952. The number of Topliss-reactive ketones (excluding diaryl/α,β-unsaturated/α-hetero) is 1. The molecule has 7 heteroatoms. The maximum Gasteiger partial charge on any atom is 0.416 e. The molecular formula is C21H13F4NO2. The Kier molecular flexibility index (Phi) is 4.10. The predicted octanol–water partition coefficient (Wildman–Crippen LogP) is 4.92. The summed E-state index contributed by atoms with van der Waals surface area (Å²) in [4.78, 5) is 12.7. The van der Waals surface area contributed by atoms with Crippen LogP contribution in [0.2, 0.25) is 0 Å². The molecule has 0 radical (unpaired) electrons. The van der Waals surface area contributed by atoms with Crippen LogP contribution in [0, 0.1) is 0 Å². The van der Waals surface area contributed by atoms with E-state index in [0.29, 0.717) is 11.1 Å². The highest BCUT2D eigenvalue weighted by Gasteiger charge is 2.35. The predicted molar refractivity (Wildman–Crippen MR) is 95.0 cm³/mol. The molecule has 1 aliphatic carbocycles. The van der Waals surface area contributed by atoms with Crippen LogP contribution >= 0.6 is 0 Å². The summed E-state index contributed by atoms with van der Waals surface area (Å²) < 4.78 is 58.5. The average Bonchev–Trinajstić information content (AvgIpc) is 3.11. The first kappa shape index (κ1) is 18.0. The summed E-state index contributed by atoms with van der Waals surface area (Å²) in [7, 11) is 0. The van der Waals surface area contributed by atoms with Gasteiger partial charge in [0.05, 0.1) is 17.1 Å². The number of allylic oxidation sites excluding steroid dienone is 3. The lowest BCUT2D eigenvalue weighted by Crippen LogP contribution is -2.07. The smallest absolute Gasteiger partial charge is 0.416 e. The lowest BCUT2D eigenvalue weighted by Gasteiger charge is -2.09. The number of rotatable bonds is 2. The monoisotopic (exact) mass is 387 g/mol. The number of alkyl halides is 3. The molecule has 3 nitrogen and oxygen atoms in total. The van der Waals surface area contributed by atoms with E-state index >= 15 is 0 Å². The van der Waals surface area contributed by atoms with Gasteiger partial charge in [0.1, 0.15) is 5.83 Å². The van der Waals surface area contributed by atoms with Gasteiger partial charge < -0.3 is 10.5 Å². The van der Waals surface area contributed by atoms with Gasteiger partial charge in [0, 0.05) is 0 Å². The van der Waals surface area contributed by atoms with Crippen molar-refractivity contribution in [3.05, 3.63) is 94.3 Å². The second kappa shape index (κ2) is 6.37. The van der Waals surface area contributed by atoms with Crippen molar-refractivity contribution < 1.29 is 27.1 Å². The summed E-state index contributed by atoms with van der Waals surface area (Å²) in [5.41, 5.74) is 6.02. The van der Waals surface area contributed by atoms with Gasteiger partial charge in [-0.05, 0) is 41.0 Å². The van der Waals surface area contributed by atoms with Crippen LogP contribution in [-0.2, 0) is 15.7 Å². The number of benzene rings is 2. The Morgan fingerprint density at radius 2 is 1.82 bits per heavy atom. The minimum atomic E-state index is -4.56. The summed E-state index contributed by atoms with van der Waals surface area (Å²) in [6.45, 7) is 0. The van der Waals surface area contributed by atoms with Gasteiger partial charge in [-0.25, -0.2) is 4.39 Å². The molecule has 2 N–H and O–H groups in total. The number of hydrogen-bond donors (Lipinski definition) is 1. The third kappa shape index (κ3) is 2.98. The summed E-state index contributed by atoms with van der Waals surface area (Å²) in [6, 6.07) is 11.2. The standard InChI is InChI=1S/C21H13F4NO2/c22-16-9-11-4-1-2-7-14(11)15(16)10-17-19(27)18(20(26)28-17)12-5-3-6-13(8-12)21(23,24)25/h1-10,15H,26H2. The van der Waals surface area contributed by atoms with E-state index in [1.807, 2.05) is 0 Å². The van der Waals surface area contributed by atoms with Crippen molar-refractivity contribution in [1.82, 2.24) is 0 Å². The lowest BCUT2D eigenvalue weighted by molar-refractivity contribution is -0.137. The van der Waals surface area contributed by atoms with Crippen molar-refractivity contribution in [2.45, 2.75) is 12.1 Å². The van der Waals surface area contributed by atoms with Crippen LogP contribution in [0.15, 0.2) is 72.1 Å². The number of carbonyl (C=O) groups is 1. The highest BCUT2D eigenvalue weighted by atomic mass is 19.4. The Bertz CT molecular complexity index is 1080. The van der Waals surface area contributed by atoms with Crippen LogP contribution < -0.4 is 5.73 Å². The SMILES string of the molecule is NC1=C(c2cccc(C(F)(F)F)c2)C(=O)C(=CC2C(F)=Cc3ccccc32)O1. The molecule has 4 rings (SSSR count). The van der Waals surface area contributed by atoms with Gasteiger partial charge in [-0.3, -0.25) is 4.79 Å². The van der Waals surface area contributed by atoms with E-state index in [0.717, 1.165) is 12.1 Å². The summed E-state index contributed by atoms with van der Waals surface area (Å²) in [5.74, 6) is -2.49. The van der Waals surface area contributed by atoms with Crippen LogP contribution in [0.4, 0.5) is 17.6 Å². The van der Waals surface area contributed by atoms with E-state index in [1.165, 1.54) is 24.3 Å². The molecule has 142 valence electrons. The second-order valence-corrected chi connectivity index (χ2v) is 6.42. The van der Waals surface area contributed by atoms with Crippen molar-refractivity contribution in [2.75, 3.05) is 0 Å². The minimum Gasteiger partial charge on any atom is -0.437 e. The molecule has 0 bridgehead atoms. The molecular weight excluding hydrogens is 374 g/mol. The number of fused-ring (bicyclic) bond motifs is 1. The Balaban J connectivity index is 1.68. The van der Waals surface area contributed by atoms with E-state index in [4.69, 9.17) is 10.5 Å². The number of ether oxygens (including phenoxy) is 1. The molecule has 2 aliphatic rings. The second-order valence-electron chi connectivity index (χ2n) is 6.42. The van der Waals surface area contributed by atoms with Gasteiger partial charge in [0.15, 0.2) is 5.76 Å². The first-order valence-electron chi connectivity index (χ1n) is 8.33. The average molecular weight is 387 g/mol. The number of ketones is 1. The fourth-order valence-electron chi connectivity index (χ4n) is 3.32. The molecule has 0 fully saturated rings. The summed E-state index contributed by atoms with van der Waals surface area (Å²) in [5, 5.41) is 0. The normalized spacial score (nSPS) is 20.4. The topological polar surface area (TPSA) is 52.3 Å². The fourth-order valence-corrected chi connectivity index (χ4v) is 3.32. The molecule has 0 saturated heterocycles. The molecule has 0 saturated carbocycles. The highest BCUT2D eigenvalue weighted by Crippen LogP contribution is 2.41. The van der Waals surface area contributed by atoms with E-state index in [9.17, 15) is 22.4 Å². The van der Waals surface area contributed by atoms with Crippen LogP contribution in [0.25, 0.3) is 11.6 Å². The number of carbonyl (C=O) groups excluding carboxylic acids is 1. The molecule has 0 aromatic heterocycles. The quantitative estimate of drug-likeness (QED) is 0.588. The maximum absolute atomic E-state index is 14.3. The zero-order valence-electron chi connectivity index (χ0n) is 14.3. The molecule has 0 amide bonds. The Morgan fingerprint density at radius 3 is 2.57 bits per heavy atom. The molecule has 0 spiro atoms. The zero-order chi connectivity index (χ0) is 20.1. The third-order valence-corrected chi connectivity index (χ3v) is 4.64. The Hall–Kier alpha value is -3.35. The first-order chi connectivity index (χ1) is 13.3. The molecule has 1 atom stereocenters. The van der Waals surface area contributed by atoms with Crippen LogP contribution in [0.1, 0.15) is 28.2 Å². The van der Waals surface area contributed by atoms with E-state index in [2.05, 4.69) is 0 Å². The van der Waals surface area contributed by atoms with Crippen molar-refractivity contribution in [3.8, 4) is 0 Å². The maximum atomic E-state index is 14.3. The van der Waals surface area contributed by atoms with Crippen LogP contribution in [-0.4, -0.2) is 5.78 Å². The zero-order valence-corrected chi connectivity index (χ0v) is 14.3. The van der Waals surface area contributed by atoms with Gasteiger partial charge in [0.25, 0.3) is 0 Å². The van der Waals surface area contributed by atoms with Gasteiger partial charge >= 0.3 is 6.18 Å². The van der Waals surface area contributed by atoms with E-state index < -0.39 is 29.3 Å². The molecule has 2 aromatic rings. The number of nitrogens with two attached hydrogens (primary N) is 1. The van der Waals surface area contributed by atoms with Crippen molar-refractivity contribution in [1.29, 1.82) is 0 Å². The van der Waals surface area contributed by atoms with Crippen LogP contribution in [0.3, 0.4) is 0 Å². The van der Waals surface area contributed by atoms with E-state index in [-0.39, 0.29) is 22.8 Å². The van der Waals surface area contributed by atoms with Gasteiger partial charge in [0.2, 0.25) is 11.7 Å². The van der Waals surface area contributed by atoms with Gasteiger partial charge in [-0.2, -0.15) is 13.2 Å². The van der Waals surface area contributed by atoms with Crippen molar-refractivity contribution >= 4 is 17.4 Å². The number of hydrogen-bond acceptors (Lipinski definition) is 3. The van der Waals surface area contributed by atoms with Crippen molar-refractivity contribution in [3.63, 3.8) is 0 Å². The first-order valence-corrected chi connectivity index (χ1v) is 8.33. The summed E-state index contributed by atoms with van der Waals surface area (Å²) in [6.07, 6.45) is -1.90. The van der Waals surface area contributed by atoms with Gasteiger partial charge in [-0.1, -0.05) is 36.4 Å². The minimum absolute atomic E-state index is 0.0106. The van der Waals surface area contributed by atoms with Crippen molar-refractivity contribution in [2.24, 2.45) is 5.73 Å². The lowest BCUT2D eigenvalue weighted by atomic mass is 9.96. The highest BCUT2D eigenvalue weighted by molar-refractivity contribution is 6.30. The largest absolute Gasteiger partial charge is 0.437 e. The Morgan fingerprint density at radius 1 is 1.07 bits per heavy atom. The molecule has 1 unspecified atom stereocenters. The molecule has 28 heavy (non-hydrogen) atoms. The number of halogens is 4.